The van der Waals surface area contributed by atoms with Gasteiger partial charge in [-0.05, 0) is 61.6 Å². The maximum Gasteiger partial charge on any atom is 0.123 e. The predicted octanol–water partition coefficient (Wildman–Crippen LogP) is 4.00. The van der Waals surface area contributed by atoms with E-state index in [1.54, 1.807) is 12.1 Å². The zero-order valence-corrected chi connectivity index (χ0v) is 11.8. The fourth-order valence-electron chi connectivity index (χ4n) is 2.47. The summed E-state index contributed by atoms with van der Waals surface area (Å²) < 4.78 is 13.3. The Labute approximate surface area is 104 Å². The number of hydrogen-bond donors (Lipinski definition) is 1. The Morgan fingerprint density at radius 3 is 1.88 bits per heavy atom. The van der Waals surface area contributed by atoms with E-state index in [0.29, 0.717) is 11.8 Å². The number of rotatable bonds is 4. The summed E-state index contributed by atoms with van der Waals surface area (Å²) in [5, 5.41) is 3.38. The molecular formula is C15H24FN. The van der Waals surface area contributed by atoms with E-state index in [1.807, 2.05) is 20.9 Å². The fraction of sp³-hybridized carbons (Fsp3) is 0.600. The Hall–Kier alpha value is -0.890. The van der Waals surface area contributed by atoms with Gasteiger partial charge in [-0.15, -0.1) is 0 Å². The normalized spacial score (nSPS) is 15.1. The van der Waals surface area contributed by atoms with Crippen molar-refractivity contribution < 1.29 is 4.39 Å². The van der Waals surface area contributed by atoms with Crippen LogP contribution in [-0.4, -0.2) is 7.05 Å². The van der Waals surface area contributed by atoms with E-state index >= 15 is 0 Å². The van der Waals surface area contributed by atoms with Crippen LogP contribution in [-0.2, 0) is 0 Å². The lowest BCUT2D eigenvalue weighted by atomic mass is 9.82. The van der Waals surface area contributed by atoms with Crippen molar-refractivity contribution in [3.8, 4) is 0 Å². The summed E-state index contributed by atoms with van der Waals surface area (Å²) in [5.74, 6) is 0.968. The third-order valence-electron chi connectivity index (χ3n) is 3.76. The molecule has 0 amide bonds. The van der Waals surface area contributed by atoms with Gasteiger partial charge >= 0.3 is 0 Å². The first kappa shape index (κ1) is 14.2. The quantitative estimate of drug-likeness (QED) is 0.834. The van der Waals surface area contributed by atoms with Gasteiger partial charge in [0.15, 0.2) is 0 Å². The molecule has 0 saturated carbocycles. The molecule has 0 saturated heterocycles. The summed E-state index contributed by atoms with van der Waals surface area (Å²) in [6.45, 7) is 10.7. The molecule has 0 aromatic heterocycles. The topological polar surface area (TPSA) is 12.0 Å². The van der Waals surface area contributed by atoms with Crippen LogP contribution >= 0.6 is 0 Å². The first-order valence-electron chi connectivity index (χ1n) is 6.32. The van der Waals surface area contributed by atoms with E-state index in [4.69, 9.17) is 0 Å². The molecule has 0 aliphatic carbocycles. The molecule has 1 aromatic carbocycles. The van der Waals surface area contributed by atoms with Crippen LogP contribution in [0.1, 0.15) is 43.5 Å². The SMILES string of the molecule is CNC(c1c(C)cc(F)cc1C)C(C)C(C)C. The van der Waals surface area contributed by atoms with Crippen LogP contribution in [0, 0.1) is 31.5 Å². The second-order valence-electron chi connectivity index (χ2n) is 5.32. The zero-order chi connectivity index (χ0) is 13.2. The van der Waals surface area contributed by atoms with Gasteiger partial charge in [0, 0.05) is 6.04 Å². The largest absolute Gasteiger partial charge is 0.313 e. The molecule has 0 fully saturated rings. The van der Waals surface area contributed by atoms with Crippen molar-refractivity contribution in [2.75, 3.05) is 7.05 Å². The Balaban J connectivity index is 3.21. The van der Waals surface area contributed by atoms with E-state index in [2.05, 4.69) is 26.1 Å². The second-order valence-corrected chi connectivity index (χ2v) is 5.32. The minimum Gasteiger partial charge on any atom is -0.313 e. The Morgan fingerprint density at radius 1 is 1.06 bits per heavy atom. The first-order chi connectivity index (χ1) is 7.88. The van der Waals surface area contributed by atoms with Crippen molar-refractivity contribution in [2.24, 2.45) is 11.8 Å². The molecule has 0 heterocycles. The molecule has 1 rings (SSSR count). The molecule has 0 spiro atoms. The molecule has 2 unspecified atom stereocenters. The van der Waals surface area contributed by atoms with Gasteiger partial charge in [-0.3, -0.25) is 0 Å². The van der Waals surface area contributed by atoms with Gasteiger partial charge in [0.25, 0.3) is 0 Å². The summed E-state index contributed by atoms with van der Waals surface area (Å²) >= 11 is 0. The lowest BCUT2D eigenvalue weighted by Crippen LogP contribution is -2.28. The van der Waals surface area contributed by atoms with Crippen LogP contribution in [0.5, 0.6) is 0 Å². The molecule has 0 radical (unpaired) electrons. The van der Waals surface area contributed by atoms with Gasteiger partial charge in [0.05, 0.1) is 0 Å². The van der Waals surface area contributed by atoms with Gasteiger partial charge in [-0.2, -0.15) is 0 Å². The van der Waals surface area contributed by atoms with Crippen LogP contribution in [0.15, 0.2) is 12.1 Å². The first-order valence-corrected chi connectivity index (χ1v) is 6.32. The molecule has 1 aromatic rings. The summed E-state index contributed by atoms with van der Waals surface area (Å²) in [5.41, 5.74) is 3.32. The summed E-state index contributed by atoms with van der Waals surface area (Å²) in [7, 11) is 1.98. The van der Waals surface area contributed by atoms with E-state index < -0.39 is 0 Å². The average Bonchev–Trinajstić information content (AvgIpc) is 2.21. The maximum absolute atomic E-state index is 13.3. The van der Waals surface area contributed by atoms with E-state index in [9.17, 15) is 4.39 Å². The van der Waals surface area contributed by atoms with Gasteiger partial charge in [-0.25, -0.2) is 4.39 Å². The van der Waals surface area contributed by atoms with E-state index in [0.717, 1.165) is 11.1 Å². The van der Waals surface area contributed by atoms with Crippen molar-refractivity contribution in [1.82, 2.24) is 5.32 Å². The summed E-state index contributed by atoms with van der Waals surface area (Å²) in [4.78, 5) is 0. The Kier molecular flexibility index (Phi) is 4.70. The van der Waals surface area contributed by atoms with Gasteiger partial charge in [0.1, 0.15) is 5.82 Å². The van der Waals surface area contributed by atoms with Crippen LogP contribution in [0.4, 0.5) is 4.39 Å². The lowest BCUT2D eigenvalue weighted by molar-refractivity contribution is 0.315. The Bertz CT molecular complexity index is 362. The van der Waals surface area contributed by atoms with Crippen molar-refractivity contribution >= 4 is 0 Å². The van der Waals surface area contributed by atoms with Crippen LogP contribution in [0.3, 0.4) is 0 Å². The molecule has 2 atom stereocenters. The fourth-order valence-corrected chi connectivity index (χ4v) is 2.47. The monoisotopic (exact) mass is 237 g/mol. The second kappa shape index (κ2) is 5.63. The number of benzene rings is 1. The Morgan fingerprint density at radius 2 is 1.53 bits per heavy atom. The smallest absolute Gasteiger partial charge is 0.123 e. The van der Waals surface area contributed by atoms with Crippen LogP contribution in [0.2, 0.25) is 0 Å². The highest BCUT2D eigenvalue weighted by atomic mass is 19.1. The minimum absolute atomic E-state index is 0.143. The third-order valence-corrected chi connectivity index (χ3v) is 3.76. The number of hydrogen-bond acceptors (Lipinski definition) is 1. The highest BCUT2D eigenvalue weighted by Crippen LogP contribution is 2.32. The van der Waals surface area contributed by atoms with Crippen molar-refractivity contribution in [3.05, 3.63) is 34.6 Å². The van der Waals surface area contributed by atoms with E-state index in [1.165, 1.54) is 5.56 Å². The summed E-state index contributed by atoms with van der Waals surface area (Å²) in [6.07, 6.45) is 0. The highest BCUT2D eigenvalue weighted by Gasteiger charge is 2.23. The van der Waals surface area contributed by atoms with E-state index in [-0.39, 0.29) is 11.9 Å². The lowest BCUT2D eigenvalue weighted by Gasteiger charge is -2.29. The van der Waals surface area contributed by atoms with Gasteiger partial charge in [-0.1, -0.05) is 20.8 Å². The number of nitrogens with one attached hydrogen (secondary N) is 1. The number of aryl methyl sites for hydroxylation is 2. The molecule has 0 aliphatic heterocycles. The molecule has 17 heavy (non-hydrogen) atoms. The van der Waals surface area contributed by atoms with Crippen molar-refractivity contribution in [2.45, 2.75) is 40.7 Å². The molecule has 1 nitrogen and oxygen atoms in total. The predicted molar refractivity (Wildman–Crippen MR) is 71.7 cm³/mol. The molecule has 1 N–H and O–H groups in total. The highest BCUT2D eigenvalue weighted by molar-refractivity contribution is 5.37. The minimum atomic E-state index is -0.143. The summed E-state index contributed by atoms with van der Waals surface area (Å²) in [6, 6.07) is 3.54. The number of halogens is 1. The molecule has 2 heteroatoms. The average molecular weight is 237 g/mol. The van der Waals surface area contributed by atoms with Crippen molar-refractivity contribution in [1.29, 1.82) is 0 Å². The van der Waals surface area contributed by atoms with Gasteiger partial charge < -0.3 is 5.32 Å². The van der Waals surface area contributed by atoms with Crippen molar-refractivity contribution in [3.63, 3.8) is 0 Å². The zero-order valence-electron chi connectivity index (χ0n) is 11.8. The maximum atomic E-state index is 13.3. The third kappa shape index (κ3) is 3.06. The molecular weight excluding hydrogens is 213 g/mol. The van der Waals surface area contributed by atoms with Crippen LogP contribution < -0.4 is 5.32 Å². The molecule has 0 bridgehead atoms. The molecule has 0 aliphatic rings. The van der Waals surface area contributed by atoms with Crippen LogP contribution in [0.25, 0.3) is 0 Å². The molecule has 96 valence electrons. The van der Waals surface area contributed by atoms with Gasteiger partial charge in [0.2, 0.25) is 0 Å². The standard InChI is InChI=1S/C15H24FN/c1-9(2)12(5)15(17-6)14-10(3)7-13(16)8-11(14)4/h7-9,12,15,17H,1-6H3.